The van der Waals surface area contributed by atoms with Crippen molar-refractivity contribution in [3.63, 3.8) is 0 Å². The average molecular weight is 325 g/mol. The molecule has 3 rings (SSSR count). The zero-order chi connectivity index (χ0) is 16.4. The summed E-state index contributed by atoms with van der Waals surface area (Å²) in [7, 11) is 1.89. The normalized spacial score (nSPS) is 11.0. The molecule has 23 heavy (non-hydrogen) atoms. The van der Waals surface area contributed by atoms with Crippen molar-refractivity contribution in [3.05, 3.63) is 59.5 Å². The summed E-state index contributed by atoms with van der Waals surface area (Å²) in [6.45, 7) is 6.28. The summed E-state index contributed by atoms with van der Waals surface area (Å²) in [4.78, 5) is 17.7. The Morgan fingerprint density at radius 1 is 1.30 bits per heavy atom. The van der Waals surface area contributed by atoms with Gasteiger partial charge in [0.25, 0.3) is 5.56 Å². The van der Waals surface area contributed by atoms with Crippen LogP contribution in [0.5, 0.6) is 0 Å². The molecule has 0 bridgehead atoms. The first-order valence-corrected chi connectivity index (χ1v) is 8.55. The molecule has 0 N–H and O–H groups in total. The highest BCUT2D eigenvalue weighted by atomic mass is 32.2. The van der Waals surface area contributed by atoms with Crippen LogP contribution in [0.4, 0.5) is 0 Å². The Bertz CT molecular complexity index is 909. The zero-order valence-corrected chi connectivity index (χ0v) is 14.1. The van der Waals surface area contributed by atoms with Gasteiger partial charge < -0.3 is 4.57 Å². The second kappa shape index (κ2) is 6.46. The Morgan fingerprint density at radius 2 is 2.04 bits per heavy atom. The molecule has 2 heterocycles. The fourth-order valence-corrected chi connectivity index (χ4v) is 3.44. The van der Waals surface area contributed by atoms with Crippen LogP contribution in [0.2, 0.25) is 0 Å². The summed E-state index contributed by atoms with van der Waals surface area (Å²) in [5.41, 5.74) is 3.43. The maximum atomic E-state index is 12.9. The van der Waals surface area contributed by atoms with Crippen molar-refractivity contribution in [1.82, 2.24) is 14.1 Å². The van der Waals surface area contributed by atoms with Crippen LogP contribution in [0.1, 0.15) is 6.92 Å². The minimum absolute atomic E-state index is 0.0180. The first kappa shape index (κ1) is 15.6. The monoisotopic (exact) mass is 325 g/mol. The Kier molecular flexibility index (Phi) is 4.39. The third-order valence-electron chi connectivity index (χ3n) is 3.71. The van der Waals surface area contributed by atoms with E-state index < -0.39 is 0 Å². The molecule has 0 atom stereocenters. The van der Waals surface area contributed by atoms with Crippen LogP contribution in [0.3, 0.4) is 0 Å². The number of benzene rings is 1. The maximum Gasteiger partial charge on any atom is 0.279 e. The summed E-state index contributed by atoms with van der Waals surface area (Å²) >= 11 is 1.58. The lowest BCUT2D eigenvalue weighted by Gasteiger charge is -2.10. The number of nitrogens with zero attached hydrogens (tertiary/aromatic N) is 3. The van der Waals surface area contributed by atoms with E-state index in [0.717, 1.165) is 27.6 Å². The third kappa shape index (κ3) is 2.72. The van der Waals surface area contributed by atoms with Crippen LogP contribution in [0.25, 0.3) is 22.2 Å². The fourth-order valence-electron chi connectivity index (χ4n) is 2.71. The van der Waals surface area contributed by atoms with Gasteiger partial charge >= 0.3 is 0 Å². The van der Waals surface area contributed by atoms with E-state index in [1.54, 1.807) is 22.4 Å². The molecule has 0 unspecified atom stereocenters. The van der Waals surface area contributed by atoms with Gasteiger partial charge in [-0.2, -0.15) is 0 Å². The smallest absolute Gasteiger partial charge is 0.279 e. The molecular formula is C18H19N3OS. The molecule has 118 valence electrons. The van der Waals surface area contributed by atoms with Gasteiger partial charge in [0, 0.05) is 25.4 Å². The lowest BCUT2D eigenvalue weighted by atomic mass is 10.1. The molecule has 0 aliphatic rings. The van der Waals surface area contributed by atoms with Gasteiger partial charge in [-0.3, -0.25) is 9.36 Å². The van der Waals surface area contributed by atoms with Gasteiger partial charge in [-0.15, -0.1) is 6.58 Å². The molecule has 0 fully saturated rings. The third-order valence-corrected chi connectivity index (χ3v) is 4.57. The molecule has 2 aromatic heterocycles. The minimum Gasteiger partial charge on any atom is -0.344 e. The summed E-state index contributed by atoms with van der Waals surface area (Å²) in [5.74, 6) is 0.864. The van der Waals surface area contributed by atoms with E-state index in [4.69, 9.17) is 4.98 Å². The second-order valence-electron chi connectivity index (χ2n) is 5.25. The Hall–Kier alpha value is -2.27. The van der Waals surface area contributed by atoms with E-state index >= 15 is 0 Å². The van der Waals surface area contributed by atoms with E-state index in [0.29, 0.717) is 12.1 Å². The zero-order valence-electron chi connectivity index (χ0n) is 13.3. The Balaban J connectivity index is 2.35. The van der Waals surface area contributed by atoms with Crippen LogP contribution >= 0.6 is 11.8 Å². The van der Waals surface area contributed by atoms with E-state index in [1.807, 2.05) is 48.1 Å². The molecule has 0 radical (unpaired) electrons. The molecule has 0 aliphatic carbocycles. The molecule has 3 aromatic rings. The summed E-state index contributed by atoms with van der Waals surface area (Å²) < 4.78 is 3.56. The summed E-state index contributed by atoms with van der Waals surface area (Å²) in [6, 6.07) is 10.1. The van der Waals surface area contributed by atoms with E-state index in [1.165, 1.54) is 0 Å². The number of hydrogen-bond acceptors (Lipinski definition) is 3. The number of allylic oxidation sites excluding steroid dienone is 1. The van der Waals surface area contributed by atoms with Crippen LogP contribution in [0, 0.1) is 0 Å². The fraction of sp³-hybridized carbons (Fsp3) is 0.222. The standard InChI is InChI=1S/C18H19N3OS/c1-4-11-21-17(22)16-15(19-18(21)23-5-2)14(12-20(16)3)13-9-7-6-8-10-13/h4,6-10,12H,1,5,11H2,2-3H3. The quantitative estimate of drug-likeness (QED) is 0.408. The van der Waals surface area contributed by atoms with Crippen molar-refractivity contribution < 1.29 is 0 Å². The maximum absolute atomic E-state index is 12.9. The number of fused-ring (bicyclic) bond motifs is 1. The van der Waals surface area contributed by atoms with Crippen molar-refractivity contribution in [2.75, 3.05) is 5.75 Å². The van der Waals surface area contributed by atoms with Crippen molar-refractivity contribution >= 4 is 22.8 Å². The number of hydrogen-bond donors (Lipinski definition) is 0. The lowest BCUT2D eigenvalue weighted by Crippen LogP contribution is -2.24. The molecule has 0 aliphatic heterocycles. The topological polar surface area (TPSA) is 39.8 Å². The van der Waals surface area contributed by atoms with Crippen molar-refractivity contribution in [2.45, 2.75) is 18.6 Å². The largest absolute Gasteiger partial charge is 0.344 e. The molecule has 5 heteroatoms. The van der Waals surface area contributed by atoms with Crippen molar-refractivity contribution in [1.29, 1.82) is 0 Å². The van der Waals surface area contributed by atoms with Crippen molar-refractivity contribution in [2.24, 2.45) is 7.05 Å². The number of rotatable bonds is 5. The highest BCUT2D eigenvalue weighted by molar-refractivity contribution is 7.99. The van der Waals surface area contributed by atoms with Gasteiger partial charge in [0.2, 0.25) is 0 Å². The highest BCUT2D eigenvalue weighted by Crippen LogP contribution is 2.28. The summed E-state index contributed by atoms with van der Waals surface area (Å²) in [6.07, 6.45) is 3.71. The predicted octanol–water partition coefficient (Wildman–Crippen LogP) is 3.70. The van der Waals surface area contributed by atoms with Gasteiger partial charge in [0.1, 0.15) is 11.0 Å². The van der Waals surface area contributed by atoms with Gasteiger partial charge in [-0.25, -0.2) is 4.98 Å². The molecule has 0 amide bonds. The Labute approximate surface area is 139 Å². The van der Waals surface area contributed by atoms with Gasteiger partial charge in [-0.05, 0) is 11.3 Å². The first-order valence-electron chi connectivity index (χ1n) is 7.56. The minimum atomic E-state index is -0.0180. The van der Waals surface area contributed by atoms with Crippen LogP contribution in [-0.4, -0.2) is 19.9 Å². The molecule has 0 saturated heterocycles. The van der Waals surface area contributed by atoms with E-state index in [9.17, 15) is 4.79 Å². The average Bonchev–Trinajstić information content (AvgIpc) is 2.89. The molecule has 0 spiro atoms. The summed E-state index contributed by atoms with van der Waals surface area (Å²) in [5, 5.41) is 0.744. The highest BCUT2D eigenvalue weighted by Gasteiger charge is 2.17. The van der Waals surface area contributed by atoms with Crippen molar-refractivity contribution in [3.8, 4) is 11.1 Å². The lowest BCUT2D eigenvalue weighted by molar-refractivity contribution is 0.667. The van der Waals surface area contributed by atoms with Gasteiger partial charge in [0.05, 0.1) is 0 Å². The Morgan fingerprint density at radius 3 is 2.70 bits per heavy atom. The SMILES string of the molecule is C=CCn1c(SCC)nc2c(-c3ccccc3)cn(C)c2c1=O. The number of thioether (sulfide) groups is 1. The predicted molar refractivity (Wildman–Crippen MR) is 97.0 cm³/mol. The van der Waals surface area contributed by atoms with Gasteiger partial charge in [0.15, 0.2) is 5.16 Å². The molecular weight excluding hydrogens is 306 g/mol. The van der Waals surface area contributed by atoms with Crippen LogP contribution in [0.15, 0.2) is 59.1 Å². The van der Waals surface area contributed by atoms with Gasteiger partial charge in [-0.1, -0.05) is 55.1 Å². The first-order chi connectivity index (χ1) is 11.2. The molecule has 1 aromatic carbocycles. The van der Waals surface area contributed by atoms with E-state index in [-0.39, 0.29) is 5.56 Å². The molecule has 4 nitrogen and oxygen atoms in total. The van der Waals surface area contributed by atoms with Crippen LogP contribution in [-0.2, 0) is 13.6 Å². The van der Waals surface area contributed by atoms with E-state index in [2.05, 4.69) is 13.5 Å². The second-order valence-corrected chi connectivity index (χ2v) is 6.48. The number of aromatic nitrogens is 3. The molecule has 0 saturated carbocycles. The number of aryl methyl sites for hydroxylation is 1. The van der Waals surface area contributed by atoms with Crippen LogP contribution < -0.4 is 5.56 Å².